The zero-order valence-corrected chi connectivity index (χ0v) is 13.3. The monoisotopic (exact) mass is 291 g/mol. The van der Waals surface area contributed by atoms with Crippen LogP contribution in [0.15, 0.2) is 18.2 Å². The Bertz CT molecular complexity index is 515. The van der Waals surface area contributed by atoms with Crippen LogP contribution in [-0.4, -0.2) is 32.5 Å². The van der Waals surface area contributed by atoms with Crippen LogP contribution in [-0.2, 0) is 4.74 Å². The molecule has 2 aliphatic rings. The lowest BCUT2D eigenvalue weighted by Crippen LogP contribution is -2.60. The van der Waals surface area contributed by atoms with Crippen molar-refractivity contribution in [1.29, 1.82) is 0 Å². The lowest BCUT2D eigenvalue weighted by molar-refractivity contribution is -0.0999. The average Bonchev–Trinajstić information content (AvgIpc) is 2.50. The standard InChI is InChI=1S/C17H25NO3/c1-11(18-15-10-16(19-4)17(15,2)3)12-5-6-13-14(9-12)21-8-7-20-13/h5-6,9,11,15-16,18H,7-8,10H2,1-4H3. The predicted octanol–water partition coefficient (Wildman–Crippen LogP) is 2.92. The maximum Gasteiger partial charge on any atom is 0.161 e. The number of fused-ring (bicyclic) bond motifs is 1. The van der Waals surface area contributed by atoms with Gasteiger partial charge in [0.1, 0.15) is 13.2 Å². The summed E-state index contributed by atoms with van der Waals surface area (Å²) in [5.74, 6) is 1.70. The summed E-state index contributed by atoms with van der Waals surface area (Å²) in [6.45, 7) is 7.98. The number of nitrogens with one attached hydrogen (secondary N) is 1. The number of ether oxygens (including phenoxy) is 3. The molecule has 0 bridgehead atoms. The van der Waals surface area contributed by atoms with E-state index in [0.29, 0.717) is 25.4 Å². The average molecular weight is 291 g/mol. The molecule has 0 aromatic heterocycles. The van der Waals surface area contributed by atoms with Crippen LogP contribution in [0, 0.1) is 5.41 Å². The van der Waals surface area contributed by atoms with Crippen molar-refractivity contribution in [1.82, 2.24) is 5.32 Å². The summed E-state index contributed by atoms with van der Waals surface area (Å²) >= 11 is 0. The summed E-state index contributed by atoms with van der Waals surface area (Å²) in [7, 11) is 1.80. The van der Waals surface area contributed by atoms with Crippen LogP contribution in [0.3, 0.4) is 0 Å². The predicted molar refractivity (Wildman–Crippen MR) is 82.0 cm³/mol. The van der Waals surface area contributed by atoms with Crippen molar-refractivity contribution in [2.75, 3.05) is 20.3 Å². The molecule has 1 saturated carbocycles. The number of hydrogen-bond donors (Lipinski definition) is 1. The first-order valence-electron chi connectivity index (χ1n) is 7.70. The Kier molecular flexibility index (Phi) is 3.84. The van der Waals surface area contributed by atoms with Crippen molar-refractivity contribution in [2.24, 2.45) is 5.41 Å². The van der Waals surface area contributed by atoms with E-state index in [-0.39, 0.29) is 11.5 Å². The second-order valence-electron chi connectivity index (χ2n) is 6.63. The molecule has 1 aromatic rings. The van der Waals surface area contributed by atoms with Gasteiger partial charge in [0, 0.05) is 24.6 Å². The lowest BCUT2D eigenvalue weighted by atomic mass is 9.64. The summed E-state index contributed by atoms with van der Waals surface area (Å²) in [5, 5.41) is 3.72. The zero-order valence-electron chi connectivity index (χ0n) is 13.3. The highest BCUT2D eigenvalue weighted by atomic mass is 16.6. The summed E-state index contributed by atoms with van der Waals surface area (Å²) < 4.78 is 16.8. The molecule has 3 atom stereocenters. The molecule has 0 saturated heterocycles. The van der Waals surface area contributed by atoms with Crippen molar-refractivity contribution < 1.29 is 14.2 Å². The lowest BCUT2D eigenvalue weighted by Gasteiger charge is -2.52. The Balaban J connectivity index is 1.67. The first kappa shape index (κ1) is 14.7. The van der Waals surface area contributed by atoms with E-state index < -0.39 is 0 Å². The van der Waals surface area contributed by atoms with Crippen LogP contribution in [0.4, 0.5) is 0 Å². The van der Waals surface area contributed by atoms with Gasteiger partial charge in [-0.25, -0.2) is 0 Å². The van der Waals surface area contributed by atoms with E-state index in [4.69, 9.17) is 14.2 Å². The maximum absolute atomic E-state index is 5.66. The molecule has 4 nitrogen and oxygen atoms in total. The van der Waals surface area contributed by atoms with E-state index in [0.717, 1.165) is 17.9 Å². The minimum Gasteiger partial charge on any atom is -0.486 e. The molecular weight excluding hydrogens is 266 g/mol. The van der Waals surface area contributed by atoms with Crippen molar-refractivity contribution in [3.8, 4) is 11.5 Å². The van der Waals surface area contributed by atoms with Crippen molar-refractivity contribution >= 4 is 0 Å². The van der Waals surface area contributed by atoms with Crippen LogP contribution in [0.2, 0.25) is 0 Å². The van der Waals surface area contributed by atoms with E-state index in [9.17, 15) is 0 Å². The fraction of sp³-hybridized carbons (Fsp3) is 0.647. The molecule has 1 aliphatic heterocycles. The SMILES string of the molecule is COC1CC(NC(C)c2ccc3c(c2)OCCO3)C1(C)C. The quantitative estimate of drug-likeness (QED) is 0.926. The third-order valence-electron chi connectivity index (χ3n) is 4.98. The van der Waals surface area contributed by atoms with E-state index in [1.165, 1.54) is 5.56 Å². The minimum absolute atomic E-state index is 0.177. The van der Waals surface area contributed by atoms with Crippen LogP contribution >= 0.6 is 0 Å². The van der Waals surface area contributed by atoms with Gasteiger partial charge in [-0.2, -0.15) is 0 Å². The molecule has 0 radical (unpaired) electrons. The van der Waals surface area contributed by atoms with Gasteiger partial charge in [-0.15, -0.1) is 0 Å². The highest BCUT2D eigenvalue weighted by Gasteiger charge is 2.48. The van der Waals surface area contributed by atoms with Gasteiger partial charge in [0.25, 0.3) is 0 Å². The number of methoxy groups -OCH3 is 1. The van der Waals surface area contributed by atoms with Gasteiger partial charge < -0.3 is 19.5 Å². The molecule has 1 aromatic carbocycles. The first-order valence-corrected chi connectivity index (χ1v) is 7.70. The maximum atomic E-state index is 5.66. The third kappa shape index (κ3) is 2.62. The second-order valence-corrected chi connectivity index (χ2v) is 6.63. The van der Waals surface area contributed by atoms with E-state index >= 15 is 0 Å². The Morgan fingerprint density at radius 3 is 2.62 bits per heavy atom. The van der Waals surface area contributed by atoms with Gasteiger partial charge in [-0.1, -0.05) is 19.9 Å². The van der Waals surface area contributed by atoms with Gasteiger partial charge in [0.15, 0.2) is 11.5 Å². The van der Waals surface area contributed by atoms with Crippen LogP contribution in [0.25, 0.3) is 0 Å². The van der Waals surface area contributed by atoms with Crippen LogP contribution in [0.5, 0.6) is 11.5 Å². The Morgan fingerprint density at radius 2 is 1.95 bits per heavy atom. The number of rotatable bonds is 4. The second kappa shape index (κ2) is 5.50. The van der Waals surface area contributed by atoms with Crippen molar-refractivity contribution in [3.63, 3.8) is 0 Å². The van der Waals surface area contributed by atoms with Crippen LogP contribution in [0.1, 0.15) is 38.8 Å². The number of benzene rings is 1. The first-order chi connectivity index (χ1) is 10.0. The zero-order chi connectivity index (χ0) is 15.0. The summed E-state index contributed by atoms with van der Waals surface area (Å²) in [6, 6.07) is 6.97. The fourth-order valence-electron chi connectivity index (χ4n) is 3.30. The molecule has 3 rings (SSSR count). The minimum atomic E-state index is 0.177. The van der Waals surface area contributed by atoms with Crippen molar-refractivity contribution in [3.05, 3.63) is 23.8 Å². The highest BCUT2D eigenvalue weighted by molar-refractivity contribution is 5.44. The summed E-state index contributed by atoms with van der Waals surface area (Å²) in [4.78, 5) is 0. The molecule has 1 heterocycles. The van der Waals surface area contributed by atoms with Crippen molar-refractivity contribution in [2.45, 2.75) is 45.4 Å². The van der Waals surface area contributed by atoms with Gasteiger partial charge in [0.05, 0.1) is 6.10 Å². The topological polar surface area (TPSA) is 39.7 Å². The van der Waals surface area contributed by atoms with Gasteiger partial charge >= 0.3 is 0 Å². The molecule has 1 aliphatic carbocycles. The summed E-state index contributed by atoms with van der Waals surface area (Å²) in [5.41, 5.74) is 1.41. The Hall–Kier alpha value is -1.26. The third-order valence-corrected chi connectivity index (χ3v) is 4.98. The molecule has 0 spiro atoms. The van der Waals surface area contributed by atoms with E-state index in [2.05, 4.69) is 38.2 Å². The van der Waals surface area contributed by atoms with E-state index in [1.807, 2.05) is 6.07 Å². The molecule has 21 heavy (non-hydrogen) atoms. The van der Waals surface area contributed by atoms with E-state index in [1.54, 1.807) is 7.11 Å². The normalized spacial score (nSPS) is 27.8. The van der Waals surface area contributed by atoms with Gasteiger partial charge in [0.2, 0.25) is 0 Å². The molecule has 3 unspecified atom stereocenters. The number of hydrogen-bond acceptors (Lipinski definition) is 4. The molecule has 1 N–H and O–H groups in total. The summed E-state index contributed by atoms with van der Waals surface area (Å²) in [6.07, 6.45) is 1.42. The fourth-order valence-corrected chi connectivity index (χ4v) is 3.30. The highest BCUT2D eigenvalue weighted by Crippen LogP contribution is 2.43. The Morgan fingerprint density at radius 1 is 1.24 bits per heavy atom. The molecule has 4 heteroatoms. The largest absolute Gasteiger partial charge is 0.486 e. The molecule has 116 valence electrons. The van der Waals surface area contributed by atoms with Crippen LogP contribution < -0.4 is 14.8 Å². The van der Waals surface area contributed by atoms with Gasteiger partial charge in [-0.05, 0) is 31.0 Å². The molecule has 1 fully saturated rings. The molecular formula is C17H25NO3. The molecule has 0 amide bonds. The van der Waals surface area contributed by atoms with Gasteiger partial charge in [-0.3, -0.25) is 0 Å². The Labute approximate surface area is 126 Å². The smallest absolute Gasteiger partial charge is 0.161 e.